The van der Waals surface area contributed by atoms with E-state index in [1.807, 2.05) is 91.0 Å². The normalized spacial score (nSPS) is 25.2. The van der Waals surface area contributed by atoms with Crippen molar-refractivity contribution in [2.45, 2.75) is 31.3 Å². The van der Waals surface area contributed by atoms with Gasteiger partial charge in [0, 0.05) is 13.0 Å². The molecule has 34 heavy (non-hydrogen) atoms. The molecule has 2 aliphatic heterocycles. The van der Waals surface area contributed by atoms with Crippen molar-refractivity contribution < 1.29 is 24.2 Å². The van der Waals surface area contributed by atoms with Crippen LogP contribution in [0.2, 0.25) is 0 Å². The lowest BCUT2D eigenvalue weighted by Gasteiger charge is -2.33. The Hall–Kier alpha value is -3.48. The van der Waals surface area contributed by atoms with Gasteiger partial charge >= 0.3 is 5.97 Å². The van der Waals surface area contributed by atoms with E-state index in [0.29, 0.717) is 0 Å². The Kier molecular flexibility index (Phi) is 5.50. The van der Waals surface area contributed by atoms with E-state index in [0.717, 1.165) is 16.7 Å². The van der Waals surface area contributed by atoms with E-state index < -0.39 is 28.7 Å². The molecule has 3 aromatic rings. The number of hydrogen-bond acceptors (Lipinski definition) is 5. The molecule has 3 aromatic carbocycles. The quantitative estimate of drug-likeness (QED) is 0.452. The second kappa shape index (κ2) is 8.38. The molecule has 0 aromatic heterocycles. The number of nitrogens with zero attached hydrogens (tertiary/aromatic N) is 1. The average molecular weight is 458 g/mol. The molecule has 0 bridgehead atoms. The predicted molar refractivity (Wildman–Crippen MR) is 125 cm³/mol. The van der Waals surface area contributed by atoms with Gasteiger partial charge in [-0.15, -0.1) is 0 Å². The van der Waals surface area contributed by atoms with Gasteiger partial charge < -0.3 is 19.5 Å². The van der Waals surface area contributed by atoms with E-state index in [2.05, 4.69) is 0 Å². The van der Waals surface area contributed by atoms with E-state index in [4.69, 9.17) is 9.47 Å². The maximum atomic E-state index is 14.0. The summed E-state index contributed by atoms with van der Waals surface area (Å²) in [7, 11) is 0. The van der Waals surface area contributed by atoms with Gasteiger partial charge in [-0.3, -0.25) is 9.59 Å². The van der Waals surface area contributed by atoms with Crippen LogP contribution in [0.15, 0.2) is 91.0 Å². The smallest absolute Gasteiger partial charge is 0.327 e. The van der Waals surface area contributed by atoms with Gasteiger partial charge in [0.25, 0.3) is 0 Å². The largest absolute Gasteiger partial charge is 0.465 e. The molecule has 2 heterocycles. The minimum Gasteiger partial charge on any atom is -0.465 e. The lowest BCUT2D eigenvalue weighted by Crippen LogP contribution is -2.52. The lowest BCUT2D eigenvalue weighted by atomic mass is 9.72. The Morgan fingerprint density at radius 1 is 0.941 bits per heavy atom. The van der Waals surface area contributed by atoms with Crippen molar-refractivity contribution in [1.82, 2.24) is 4.90 Å². The second-order valence-electron chi connectivity index (χ2n) is 8.89. The standard InChI is InChI=1S/C28H27NO5/c1-2-33-25(31)26-19-27(22-14-8-4-9-15-22,23-16-10-5-11-17-23)34-28(26,32)20-29(24(26)30)18-21-12-6-3-7-13-21/h3-17,32H,2,18-20H2,1H3/t26-,28+/m0/s1. The number of carbonyl (C=O) groups excluding carboxylic acids is 2. The number of benzene rings is 3. The number of hydrogen-bond donors (Lipinski definition) is 1. The Labute approximate surface area is 198 Å². The van der Waals surface area contributed by atoms with Crippen LogP contribution in [0.25, 0.3) is 0 Å². The summed E-state index contributed by atoms with van der Waals surface area (Å²) in [5, 5.41) is 12.0. The SMILES string of the molecule is CCOC(=O)[C@@]12CC(c3ccccc3)(c3ccccc3)O[C@]1(O)CN(Cc1ccccc1)C2=O. The zero-order valence-electron chi connectivity index (χ0n) is 19.0. The summed E-state index contributed by atoms with van der Waals surface area (Å²) in [5.41, 5.74) is -0.664. The van der Waals surface area contributed by atoms with E-state index in [1.165, 1.54) is 4.90 Å². The maximum absolute atomic E-state index is 14.0. The first kappa shape index (κ1) is 22.3. The Balaban J connectivity index is 1.64. The number of fused-ring (bicyclic) bond motifs is 1. The van der Waals surface area contributed by atoms with Gasteiger partial charge in [-0.1, -0.05) is 91.0 Å². The highest BCUT2D eigenvalue weighted by Gasteiger charge is 2.78. The lowest BCUT2D eigenvalue weighted by molar-refractivity contribution is -0.239. The summed E-state index contributed by atoms with van der Waals surface area (Å²) in [4.78, 5) is 29.0. The number of aliphatic hydroxyl groups is 1. The molecule has 0 saturated carbocycles. The highest BCUT2D eigenvalue weighted by Crippen LogP contribution is 2.61. The fraction of sp³-hybridized carbons (Fsp3) is 0.286. The van der Waals surface area contributed by atoms with Crippen molar-refractivity contribution >= 4 is 11.9 Å². The van der Waals surface area contributed by atoms with Gasteiger partial charge in [-0.25, -0.2) is 0 Å². The second-order valence-corrected chi connectivity index (χ2v) is 8.89. The maximum Gasteiger partial charge on any atom is 0.327 e. The van der Waals surface area contributed by atoms with Gasteiger partial charge in [0.15, 0.2) is 0 Å². The third kappa shape index (κ3) is 3.25. The molecular weight excluding hydrogens is 430 g/mol. The molecule has 0 spiro atoms. The molecule has 2 atom stereocenters. The summed E-state index contributed by atoms with van der Waals surface area (Å²) in [5.74, 6) is -3.30. The van der Waals surface area contributed by atoms with Crippen LogP contribution in [0.1, 0.15) is 30.0 Å². The van der Waals surface area contributed by atoms with Crippen molar-refractivity contribution in [2.75, 3.05) is 13.2 Å². The number of carbonyl (C=O) groups is 2. The fourth-order valence-electron chi connectivity index (χ4n) is 5.34. The Morgan fingerprint density at radius 2 is 1.47 bits per heavy atom. The highest BCUT2D eigenvalue weighted by molar-refractivity contribution is 6.06. The molecule has 174 valence electrons. The molecule has 1 N–H and O–H groups in total. The van der Waals surface area contributed by atoms with Crippen LogP contribution in [-0.4, -0.2) is 40.8 Å². The Bertz CT molecular complexity index is 1140. The molecule has 6 heteroatoms. The fourth-order valence-corrected chi connectivity index (χ4v) is 5.34. The first-order valence-corrected chi connectivity index (χ1v) is 11.5. The number of esters is 1. The van der Waals surface area contributed by atoms with Crippen LogP contribution in [0.3, 0.4) is 0 Å². The van der Waals surface area contributed by atoms with Crippen molar-refractivity contribution in [3.05, 3.63) is 108 Å². The summed E-state index contributed by atoms with van der Waals surface area (Å²) < 4.78 is 11.9. The number of ether oxygens (including phenoxy) is 2. The monoisotopic (exact) mass is 457 g/mol. The van der Waals surface area contributed by atoms with Gasteiger partial charge in [-0.2, -0.15) is 0 Å². The van der Waals surface area contributed by atoms with Crippen LogP contribution in [0, 0.1) is 5.41 Å². The molecular formula is C28H27NO5. The molecule has 0 aliphatic carbocycles. The molecule has 2 fully saturated rings. The van der Waals surface area contributed by atoms with Crippen LogP contribution >= 0.6 is 0 Å². The molecule has 0 unspecified atom stereocenters. The highest BCUT2D eigenvalue weighted by atomic mass is 16.7. The van der Waals surface area contributed by atoms with Crippen molar-refractivity contribution in [3.63, 3.8) is 0 Å². The number of amides is 1. The molecule has 2 aliphatic rings. The molecule has 6 nitrogen and oxygen atoms in total. The minimum absolute atomic E-state index is 0.0620. The third-order valence-electron chi connectivity index (χ3n) is 6.90. The summed E-state index contributed by atoms with van der Waals surface area (Å²) in [6.45, 7) is 1.90. The zero-order chi connectivity index (χ0) is 23.8. The van der Waals surface area contributed by atoms with Crippen molar-refractivity contribution in [3.8, 4) is 0 Å². The van der Waals surface area contributed by atoms with Crippen molar-refractivity contribution in [1.29, 1.82) is 0 Å². The van der Waals surface area contributed by atoms with Crippen LogP contribution in [-0.2, 0) is 31.2 Å². The van der Waals surface area contributed by atoms with Gasteiger partial charge in [0.1, 0.15) is 5.60 Å². The van der Waals surface area contributed by atoms with E-state index >= 15 is 0 Å². The van der Waals surface area contributed by atoms with Crippen LogP contribution < -0.4 is 0 Å². The molecule has 2 saturated heterocycles. The molecule has 1 amide bonds. The van der Waals surface area contributed by atoms with Crippen LogP contribution in [0.5, 0.6) is 0 Å². The zero-order valence-corrected chi connectivity index (χ0v) is 19.0. The number of rotatable bonds is 6. The first-order valence-electron chi connectivity index (χ1n) is 11.5. The van der Waals surface area contributed by atoms with Gasteiger partial charge in [0.05, 0.1) is 13.2 Å². The van der Waals surface area contributed by atoms with Crippen LogP contribution in [0.4, 0.5) is 0 Å². The summed E-state index contributed by atoms with van der Waals surface area (Å²) in [6, 6.07) is 28.3. The van der Waals surface area contributed by atoms with E-state index in [1.54, 1.807) is 6.92 Å². The van der Waals surface area contributed by atoms with Gasteiger partial charge in [-0.05, 0) is 23.6 Å². The predicted octanol–water partition coefficient (Wildman–Crippen LogP) is 3.63. The third-order valence-corrected chi connectivity index (χ3v) is 6.90. The van der Waals surface area contributed by atoms with E-state index in [-0.39, 0.29) is 26.1 Å². The number of β-amino-alcohol motifs (C(OH)–C–C–N with tert-alkyl or cyclic N) is 1. The average Bonchev–Trinajstić information content (AvgIpc) is 3.26. The summed E-state index contributed by atoms with van der Waals surface area (Å²) in [6.07, 6.45) is -0.0620. The summed E-state index contributed by atoms with van der Waals surface area (Å²) >= 11 is 0. The molecule has 0 radical (unpaired) electrons. The molecule has 5 rings (SSSR count). The number of likely N-dealkylation sites (tertiary alicyclic amines) is 1. The van der Waals surface area contributed by atoms with Crippen molar-refractivity contribution in [2.24, 2.45) is 5.41 Å². The Morgan fingerprint density at radius 3 is 2.00 bits per heavy atom. The van der Waals surface area contributed by atoms with Gasteiger partial charge in [0.2, 0.25) is 17.1 Å². The minimum atomic E-state index is -2.06. The van der Waals surface area contributed by atoms with E-state index in [9.17, 15) is 14.7 Å². The topological polar surface area (TPSA) is 76.1 Å². The first-order chi connectivity index (χ1) is 16.5.